The summed E-state index contributed by atoms with van der Waals surface area (Å²) >= 11 is 0. The van der Waals surface area contributed by atoms with Gasteiger partial charge in [-0.15, -0.1) is 0 Å². The van der Waals surface area contributed by atoms with Gasteiger partial charge < -0.3 is 9.72 Å². The first-order valence-corrected chi connectivity index (χ1v) is 5.96. The fraction of sp³-hybridized carbons (Fsp3) is 0.286. The zero-order valence-corrected chi connectivity index (χ0v) is 10.1. The molecule has 0 aliphatic heterocycles. The van der Waals surface area contributed by atoms with Crippen molar-refractivity contribution >= 4 is 5.78 Å². The van der Waals surface area contributed by atoms with Crippen molar-refractivity contribution in [2.75, 3.05) is 7.11 Å². The number of ketones is 1. The maximum Gasteiger partial charge on any atom is 0.167 e. The second-order valence-electron chi connectivity index (χ2n) is 4.57. The average Bonchev–Trinajstić information content (AvgIpc) is 2.99. The van der Waals surface area contributed by atoms with Gasteiger partial charge in [-0.1, -0.05) is 6.07 Å². The van der Waals surface area contributed by atoms with Gasteiger partial charge in [0.2, 0.25) is 0 Å². The lowest BCUT2D eigenvalue weighted by Gasteiger charge is -2.04. The van der Waals surface area contributed by atoms with Crippen molar-refractivity contribution < 1.29 is 9.53 Å². The molecule has 1 unspecified atom stereocenters. The Morgan fingerprint density at radius 1 is 1.50 bits per heavy atom. The standard InChI is InChI=1S/C14H14N2O2/c1-18-12-3-2-9-4-10(14(17)13(9)6-12)5-11-7-15-8-16-11/h2-3,6-8,10H,4-5H2,1H3,(H,15,16). The Balaban J connectivity index is 1.85. The van der Waals surface area contributed by atoms with Crippen LogP contribution in [0.5, 0.6) is 5.75 Å². The lowest BCUT2D eigenvalue weighted by molar-refractivity contribution is 0.0935. The number of aromatic amines is 1. The van der Waals surface area contributed by atoms with Crippen LogP contribution in [0.15, 0.2) is 30.7 Å². The van der Waals surface area contributed by atoms with Gasteiger partial charge in [-0.25, -0.2) is 4.98 Å². The molecule has 92 valence electrons. The molecule has 0 spiro atoms. The molecule has 4 nitrogen and oxygen atoms in total. The van der Waals surface area contributed by atoms with Gasteiger partial charge in [0, 0.05) is 23.4 Å². The summed E-state index contributed by atoms with van der Waals surface area (Å²) in [5, 5.41) is 0. The Labute approximate surface area is 105 Å². The number of hydrogen-bond acceptors (Lipinski definition) is 3. The first-order chi connectivity index (χ1) is 8.78. The van der Waals surface area contributed by atoms with E-state index in [1.807, 2.05) is 18.2 Å². The number of carbonyl (C=O) groups excluding carboxylic acids is 1. The number of nitrogens with one attached hydrogen (secondary N) is 1. The molecule has 1 N–H and O–H groups in total. The predicted octanol–water partition coefficient (Wildman–Crippen LogP) is 2.02. The minimum absolute atomic E-state index is 0.0209. The molecule has 0 amide bonds. The molecule has 1 aromatic carbocycles. The Kier molecular flexibility index (Phi) is 2.63. The van der Waals surface area contributed by atoms with Gasteiger partial charge in [0.05, 0.1) is 13.4 Å². The first-order valence-electron chi connectivity index (χ1n) is 5.96. The molecule has 2 aromatic rings. The fourth-order valence-corrected chi connectivity index (χ4v) is 2.49. The monoisotopic (exact) mass is 242 g/mol. The SMILES string of the molecule is COc1ccc2c(c1)C(=O)C(Cc1cnc[nH]1)C2. The molecule has 0 fully saturated rings. The summed E-state index contributed by atoms with van der Waals surface area (Å²) in [4.78, 5) is 19.3. The highest BCUT2D eigenvalue weighted by atomic mass is 16.5. The summed E-state index contributed by atoms with van der Waals surface area (Å²) in [7, 11) is 1.61. The zero-order chi connectivity index (χ0) is 12.5. The maximum atomic E-state index is 12.3. The van der Waals surface area contributed by atoms with Crippen LogP contribution in [0.4, 0.5) is 0 Å². The molecule has 1 aromatic heterocycles. The molecule has 0 saturated carbocycles. The number of nitrogens with zero attached hydrogens (tertiary/aromatic N) is 1. The second kappa shape index (κ2) is 4.29. The number of imidazole rings is 1. The average molecular weight is 242 g/mol. The van der Waals surface area contributed by atoms with Crippen LogP contribution in [0, 0.1) is 5.92 Å². The molecule has 0 saturated heterocycles. The van der Waals surface area contributed by atoms with Crippen LogP contribution in [-0.4, -0.2) is 22.9 Å². The molecule has 1 aliphatic carbocycles. The minimum atomic E-state index is 0.0209. The number of ether oxygens (including phenoxy) is 1. The molecule has 1 heterocycles. The van der Waals surface area contributed by atoms with Crippen molar-refractivity contribution in [2.45, 2.75) is 12.8 Å². The third-order valence-corrected chi connectivity index (χ3v) is 3.44. The van der Waals surface area contributed by atoms with Crippen LogP contribution in [0.1, 0.15) is 21.6 Å². The van der Waals surface area contributed by atoms with Crippen molar-refractivity contribution in [2.24, 2.45) is 5.92 Å². The van der Waals surface area contributed by atoms with Crippen LogP contribution < -0.4 is 4.74 Å². The van der Waals surface area contributed by atoms with Crippen molar-refractivity contribution in [1.29, 1.82) is 0 Å². The molecule has 18 heavy (non-hydrogen) atoms. The summed E-state index contributed by atoms with van der Waals surface area (Å²) in [6.45, 7) is 0. The normalized spacial score (nSPS) is 17.8. The Morgan fingerprint density at radius 2 is 2.39 bits per heavy atom. The topological polar surface area (TPSA) is 55.0 Å². The zero-order valence-electron chi connectivity index (χ0n) is 10.1. The summed E-state index contributed by atoms with van der Waals surface area (Å²) in [5.41, 5.74) is 2.93. The lowest BCUT2D eigenvalue weighted by Crippen LogP contribution is -2.12. The number of carbonyl (C=O) groups is 1. The van der Waals surface area contributed by atoms with E-state index < -0.39 is 0 Å². The van der Waals surface area contributed by atoms with Gasteiger partial charge in [-0.05, 0) is 30.5 Å². The van der Waals surface area contributed by atoms with Crippen molar-refractivity contribution in [3.8, 4) is 5.75 Å². The van der Waals surface area contributed by atoms with Crippen LogP contribution in [-0.2, 0) is 12.8 Å². The molecule has 3 rings (SSSR count). The molecule has 0 radical (unpaired) electrons. The lowest BCUT2D eigenvalue weighted by atomic mass is 9.99. The fourth-order valence-electron chi connectivity index (χ4n) is 2.49. The number of hydrogen-bond donors (Lipinski definition) is 1. The summed E-state index contributed by atoms with van der Waals surface area (Å²) < 4.78 is 5.16. The van der Waals surface area contributed by atoms with Gasteiger partial charge in [-0.2, -0.15) is 0 Å². The third-order valence-electron chi connectivity index (χ3n) is 3.44. The largest absolute Gasteiger partial charge is 0.497 e. The van der Waals surface area contributed by atoms with Gasteiger partial charge in [-0.3, -0.25) is 4.79 Å². The van der Waals surface area contributed by atoms with Gasteiger partial charge >= 0.3 is 0 Å². The summed E-state index contributed by atoms with van der Waals surface area (Å²) in [5.74, 6) is 0.968. The number of aromatic nitrogens is 2. The van der Waals surface area contributed by atoms with E-state index in [2.05, 4.69) is 9.97 Å². The molecular formula is C14H14N2O2. The Hall–Kier alpha value is -2.10. The molecular weight excluding hydrogens is 228 g/mol. The number of methoxy groups -OCH3 is 1. The van der Waals surface area contributed by atoms with Crippen LogP contribution in [0.3, 0.4) is 0 Å². The Bertz CT molecular complexity index is 575. The quantitative estimate of drug-likeness (QED) is 0.895. The number of Topliss-reactive ketones (excluding diaryl/α,β-unsaturated/α-hetero) is 1. The van der Waals surface area contributed by atoms with E-state index in [1.54, 1.807) is 19.6 Å². The van der Waals surface area contributed by atoms with Crippen molar-refractivity contribution in [1.82, 2.24) is 9.97 Å². The number of H-pyrrole nitrogens is 1. The van der Waals surface area contributed by atoms with E-state index >= 15 is 0 Å². The van der Waals surface area contributed by atoms with Gasteiger partial charge in [0.1, 0.15) is 5.75 Å². The Morgan fingerprint density at radius 3 is 3.11 bits per heavy atom. The number of rotatable bonds is 3. The first kappa shape index (κ1) is 11.0. The van der Waals surface area contributed by atoms with Crippen LogP contribution in [0.2, 0.25) is 0 Å². The molecule has 4 heteroatoms. The molecule has 1 atom stereocenters. The van der Waals surface area contributed by atoms with Crippen molar-refractivity contribution in [3.05, 3.63) is 47.5 Å². The van der Waals surface area contributed by atoms with E-state index in [4.69, 9.17) is 4.74 Å². The third kappa shape index (κ3) is 1.79. The second-order valence-corrected chi connectivity index (χ2v) is 4.57. The maximum absolute atomic E-state index is 12.3. The van der Waals surface area contributed by atoms with E-state index in [0.29, 0.717) is 0 Å². The van der Waals surface area contributed by atoms with Gasteiger partial charge in [0.15, 0.2) is 5.78 Å². The predicted molar refractivity (Wildman–Crippen MR) is 66.8 cm³/mol. The van der Waals surface area contributed by atoms with E-state index in [-0.39, 0.29) is 11.7 Å². The highest BCUT2D eigenvalue weighted by Gasteiger charge is 2.31. The highest BCUT2D eigenvalue weighted by Crippen LogP contribution is 2.31. The van der Waals surface area contributed by atoms with E-state index in [1.165, 1.54) is 0 Å². The number of fused-ring (bicyclic) bond motifs is 1. The smallest absolute Gasteiger partial charge is 0.167 e. The number of benzene rings is 1. The van der Waals surface area contributed by atoms with Crippen LogP contribution in [0.25, 0.3) is 0 Å². The van der Waals surface area contributed by atoms with E-state index in [9.17, 15) is 4.79 Å². The van der Waals surface area contributed by atoms with Crippen molar-refractivity contribution in [3.63, 3.8) is 0 Å². The summed E-state index contributed by atoms with van der Waals surface area (Å²) in [6.07, 6.45) is 4.94. The van der Waals surface area contributed by atoms with Gasteiger partial charge in [0.25, 0.3) is 0 Å². The van der Waals surface area contributed by atoms with E-state index in [0.717, 1.165) is 35.4 Å². The summed E-state index contributed by atoms with van der Waals surface area (Å²) in [6, 6.07) is 5.73. The molecule has 0 bridgehead atoms. The molecule has 1 aliphatic rings. The van der Waals surface area contributed by atoms with Crippen LogP contribution >= 0.6 is 0 Å². The minimum Gasteiger partial charge on any atom is -0.497 e. The highest BCUT2D eigenvalue weighted by molar-refractivity contribution is 6.02.